The number of anilines is 1. The van der Waals surface area contributed by atoms with Crippen molar-refractivity contribution < 1.29 is 0 Å². The van der Waals surface area contributed by atoms with Crippen molar-refractivity contribution in [2.75, 3.05) is 18.4 Å². The van der Waals surface area contributed by atoms with E-state index in [4.69, 9.17) is 0 Å². The van der Waals surface area contributed by atoms with Gasteiger partial charge in [-0.3, -0.25) is 0 Å². The van der Waals surface area contributed by atoms with E-state index in [0.717, 1.165) is 24.6 Å². The molecule has 0 atom stereocenters. The molecule has 2 rings (SSSR count). The zero-order chi connectivity index (χ0) is 11.9. The van der Waals surface area contributed by atoms with Crippen LogP contribution >= 0.6 is 11.3 Å². The lowest BCUT2D eigenvalue weighted by molar-refractivity contribution is 0.703. The minimum Gasteiger partial charge on any atom is -0.384 e. The van der Waals surface area contributed by atoms with Crippen molar-refractivity contribution in [1.82, 2.24) is 10.3 Å². The van der Waals surface area contributed by atoms with Crippen molar-refractivity contribution in [2.45, 2.75) is 13.5 Å². The van der Waals surface area contributed by atoms with Gasteiger partial charge in [0.2, 0.25) is 0 Å². The van der Waals surface area contributed by atoms with Crippen LogP contribution in [0.5, 0.6) is 0 Å². The second-order valence-electron chi connectivity index (χ2n) is 3.83. The first-order chi connectivity index (χ1) is 8.34. The molecule has 2 N–H and O–H groups in total. The van der Waals surface area contributed by atoms with E-state index in [0.29, 0.717) is 0 Å². The van der Waals surface area contributed by atoms with Crippen molar-refractivity contribution in [3.05, 3.63) is 46.4 Å². The van der Waals surface area contributed by atoms with Crippen molar-refractivity contribution in [3.63, 3.8) is 0 Å². The van der Waals surface area contributed by atoms with Gasteiger partial charge < -0.3 is 10.6 Å². The van der Waals surface area contributed by atoms with Crippen LogP contribution in [0.2, 0.25) is 0 Å². The second-order valence-corrected chi connectivity index (χ2v) is 5.15. The molecule has 0 aliphatic heterocycles. The molecular formula is C13H17N3S. The van der Waals surface area contributed by atoms with Gasteiger partial charge in [-0.2, -0.15) is 0 Å². The summed E-state index contributed by atoms with van der Waals surface area (Å²) in [7, 11) is 0. The van der Waals surface area contributed by atoms with Gasteiger partial charge in [0, 0.05) is 36.4 Å². The molecule has 2 aromatic rings. The van der Waals surface area contributed by atoms with Crippen LogP contribution < -0.4 is 10.6 Å². The largest absolute Gasteiger partial charge is 0.384 e. The highest BCUT2D eigenvalue weighted by Gasteiger charge is 1.97. The van der Waals surface area contributed by atoms with Crippen molar-refractivity contribution >= 4 is 17.0 Å². The maximum Gasteiger partial charge on any atom is 0.107 e. The number of hydrogen-bond donors (Lipinski definition) is 2. The molecule has 0 radical (unpaired) electrons. The fourth-order valence-corrected chi connectivity index (χ4v) is 2.29. The molecule has 17 heavy (non-hydrogen) atoms. The van der Waals surface area contributed by atoms with Gasteiger partial charge >= 0.3 is 0 Å². The summed E-state index contributed by atoms with van der Waals surface area (Å²) in [5.41, 5.74) is 1.17. The van der Waals surface area contributed by atoms with Gasteiger partial charge in [-0.15, -0.1) is 11.3 Å². The Hall–Kier alpha value is -1.39. The monoisotopic (exact) mass is 247 g/mol. The number of aryl methyl sites for hydroxylation is 1. The van der Waals surface area contributed by atoms with Crippen molar-refractivity contribution in [3.8, 4) is 0 Å². The lowest BCUT2D eigenvalue weighted by atomic mass is 10.3. The van der Waals surface area contributed by atoms with E-state index >= 15 is 0 Å². The maximum absolute atomic E-state index is 4.31. The van der Waals surface area contributed by atoms with Crippen LogP contribution in [0.15, 0.2) is 36.5 Å². The average molecular weight is 247 g/mol. The third-order valence-corrected chi connectivity index (χ3v) is 3.26. The lowest BCUT2D eigenvalue weighted by Crippen LogP contribution is -2.21. The Morgan fingerprint density at radius 3 is 2.71 bits per heavy atom. The predicted molar refractivity (Wildman–Crippen MR) is 73.5 cm³/mol. The molecule has 0 saturated heterocycles. The van der Waals surface area contributed by atoms with Crippen LogP contribution in [-0.4, -0.2) is 18.1 Å². The molecule has 0 fully saturated rings. The van der Waals surface area contributed by atoms with Crippen LogP contribution in [0.25, 0.3) is 0 Å². The van der Waals surface area contributed by atoms with E-state index in [9.17, 15) is 0 Å². The third kappa shape index (κ3) is 4.17. The van der Waals surface area contributed by atoms with Crippen LogP contribution in [0.3, 0.4) is 0 Å². The molecular weight excluding hydrogens is 230 g/mol. The predicted octanol–water partition coefficient (Wildman–Crippen LogP) is 2.65. The van der Waals surface area contributed by atoms with E-state index < -0.39 is 0 Å². The SMILES string of the molecule is Cc1cnc(CNCCNc2ccccc2)s1. The first-order valence-electron chi connectivity index (χ1n) is 5.75. The highest BCUT2D eigenvalue weighted by atomic mass is 32.1. The summed E-state index contributed by atoms with van der Waals surface area (Å²) < 4.78 is 0. The second kappa shape index (κ2) is 6.37. The quantitative estimate of drug-likeness (QED) is 0.771. The summed E-state index contributed by atoms with van der Waals surface area (Å²) in [5, 5.41) is 7.88. The smallest absolute Gasteiger partial charge is 0.107 e. The van der Waals surface area contributed by atoms with Gasteiger partial charge in [0.05, 0.1) is 0 Å². The molecule has 1 heterocycles. The first kappa shape index (κ1) is 12.1. The topological polar surface area (TPSA) is 37.0 Å². The van der Waals surface area contributed by atoms with E-state index in [2.05, 4.69) is 34.7 Å². The van der Waals surface area contributed by atoms with Gasteiger partial charge in [0.25, 0.3) is 0 Å². The van der Waals surface area contributed by atoms with Gasteiger partial charge in [0.15, 0.2) is 0 Å². The van der Waals surface area contributed by atoms with E-state index in [1.165, 1.54) is 10.6 Å². The molecule has 1 aromatic heterocycles. The van der Waals surface area contributed by atoms with Gasteiger partial charge in [0.1, 0.15) is 5.01 Å². The Kier molecular flexibility index (Phi) is 4.53. The molecule has 0 bridgehead atoms. The number of rotatable bonds is 6. The number of hydrogen-bond acceptors (Lipinski definition) is 4. The molecule has 0 amide bonds. The zero-order valence-corrected chi connectivity index (χ0v) is 10.8. The summed E-state index contributed by atoms with van der Waals surface area (Å²) in [4.78, 5) is 5.57. The summed E-state index contributed by atoms with van der Waals surface area (Å²) in [5.74, 6) is 0. The number of nitrogens with zero attached hydrogens (tertiary/aromatic N) is 1. The molecule has 0 aliphatic rings. The van der Waals surface area contributed by atoms with Crippen molar-refractivity contribution in [2.24, 2.45) is 0 Å². The summed E-state index contributed by atoms with van der Waals surface area (Å²) in [6.45, 7) is 4.80. The number of benzene rings is 1. The summed E-state index contributed by atoms with van der Waals surface area (Å²) >= 11 is 1.75. The molecule has 0 aliphatic carbocycles. The summed E-state index contributed by atoms with van der Waals surface area (Å²) in [6, 6.07) is 10.2. The van der Waals surface area contributed by atoms with Gasteiger partial charge in [-0.05, 0) is 19.1 Å². The molecule has 3 nitrogen and oxygen atoms in total. The molecule has 0 saturated carbocycles. The van der Waals surface area contributed by atoms with E-state index in [1.54, 1.807) is 11.3 Å². The lowest BCUT2D eigenvalue weighted by Gasteiger charge is -2.06. The Labute approximate surface area is 106 Å². The van der Waals surface area contributed by atoms with Crippen LogP contribution in [0.1, 0.15) is 9.88 Å². The fraction of sp³-hybridized carbons (Fsp3) is 0.308. The molecule has 1 aromatic carbocycles. The number of nitrogens with one attached hydrogen (secondary N) is 2. The minimum atomic E-state index is 0.856. The molecule has 0 unspecified atom stereocenters. The Morgan fingerprint density at radius 1 is 1.18 bits per heavy atom. The van der Waals surface area contributed by atoms with Crippen LogP contribution in [0, 0.1) is 6.92 Å². The normalized spacial score (nSPS) is 10.4. The number of thiazole rings is 1. The van der Waals surface area contributed by atoms with Crippen molar-refractivity contribution in [1.29, 1.82) is 0 Å². The number of para-hydroxylation sites is 1. The third-order valence-electron chi connectivity index (χ3n) is 2.35. The van der Waals surface area contributed by atoms with Gasteiger partial charge in [-0.1, -0.05) is 18.2 Å². The Bertz CT molecular complexity index is 439. The van der Waals surface area contributed by atoms with E-state index in [1.807, 2.05) is 24.4 Å². The molecule has 90 valence electrons. The fourth-order valence-electron chi connectivity index (χ4n) is 1.53. The standard InChI is InChI=1S/C13H17N3S/c1-11-9-16-13(17-11)10-14-7-8-15-12-5-3-2-4-6-12/h2-6,9,14-15H,7-8,10H2,1H3. The van der Waals surface area contributed by atoms with Crippen LogP contribution in [-0.2, 0) is 6.54 Å². The highest BCUT2D eigenvalue weighted by Crippen LogP contribution is 2.10. The maximum atomic E-state index is 4.31. The highest BCUT2D eigenvalue weighted by molar-refractivity contribution is 7.11. The Morgan fingerprint density at radius 2 is 2.00 bits per heavy atom. The van der Waals surface area contributed by atoms with Crippen LogP contribution in [0.4, 0.5) is 5.69 Å². The summed E-state index contributed by atoms with van der Waals surface area (Å²) in [6.07, 6.45) is 1.92. The molecule has 0 spiro atoms. The molecule has 4 heteroatoms. The first-order valence-corrected chi connectivity index (χ1v) is 6.57. The zero-order valence-electron chi connectivity index (χ0n) is 9.94. The average Bonchev–Trinajstić information content (AvgIpc) is 2.76. The van der Waals surface area contributed by atoms with E-state index in [-0.39, 0.29) is 0 Å². The van der Waals surface area contributed by atoms with Gasteiger partial charge in [-0.25, -0.2) is 4.98 Å². The minimum absolute atomic E-state index is 0.856. The number of aromatic nitrogens is 1. The Balaban J connectivity index is 1.61.